The van der Waals surface area contributed by atoms with E-state index in [2.05, 4.69) is 26.0 Å². The van der Waals surface area contributed by atoms with Crippen LogP contribution >= 0.6 is 11.6 Å². The van der Waals surface area contributed by atoms with Gasteiger partial charge in [-0.2, -0.15) is 10.4 Å². The Kier molecular flexibility index (Phi) is 7.38. The van der Waals surface area contributed by atoms with Gasteiger partial charge in [-0.1, -0.05) is 35.9 Å². The number of hydrogen-bond acceptors (Lipinski definition) is 5. The maximum atomic E-state index is 12.0. The van der Waals surface area contributed by atoms with Crippen molar-refractivity contribution < 1.29 is 14.3 Å². The van der Waals surface area contributed by atoms with Crippen LogP contribution in [0.2, 0.25) is 5.02 Å². The standard InChI is InChI=1S/C28H26ClN3O3/c1-4-34-28(33)15-21-7-5-6-8-27(21)35-17-25-24-14-20(9-10-26(24)32(31-25)18(2)3)22-11-19(16-30)12-23(29)13-22/h5-14,18H,4,15,17H2,1-3H3. The molecule has 0 saturated heterocycles. The zero-order chi connectivity index (χ0) is 24.9. The van der Waals surface area contributed by atoms with Crippen molar-refractivity contribution >= 4 is 28.5 Å². The van der Waals surface area contributed by atoms with Gasteiger partial charge in [0.2, 0.25) is 0 Å². The molecule has 1 heterocycles. The smallest absolute Gasteiger partial charge is 0.310 e. The number of fused-ring (bicyclic) bond motifs is 1. The van der Waals surface area contributed by atoms with Gasteiger partial charge >= 0.3 is 5.97 Å². The Bertz CT molecular complexity index is 1420. The molecular weight excluding hydrogens is 462 g/mol. The summed E-state index contributed by atoms with van der Waals surface area (Å²) in [5, 5.41) is 15.6. The number of hydrogen-bond donors (Lipinski definition) is 0. The van der Waals surface area contributed by atoms with Gasteiger partial charge in [-0.15, -0.1) is 0 Å². The van der Waals surface area contributed by atoms with Gasteiger partial charge in [-0.05, 0) is 68.3 Å². The molecule has 0 unspecified atom stereocenters. The quantitative estimate of drug-likeness (QED) is 0.265. The van der Waals surface area contributed by atoms with Crippen molar-refractivity contribution in [2.45, 2.75) is 39.8 Å². The predicted octanol–water partition coefficient (Wildman–Crippen LogP) is 6.49. The van der Waals surface area contributed by atoms with Crippen molar-refractivity contribution in [3.63, 3.8) is 0 Å². The highest BCUT2D eigenvalue weighted by Crippen LogP contribution is 2.31. The summed E-state index contributed by atoms with van der Waals surface area (Å²) < 4.78 is 13.2. The molecule has 0 aliphatic rings. The first kappa shape index (κ1) is 24.3. The predicted molar refractivity (Wildman–Crippen MR) is 136 cm³/mol. The third kappa shape index (κ3) is 5.47. The minimum Gasteiger partial charge on any atom is -0.487 e. The zero-order valence-electron chi connectivity index (χ0n) is 19.9. The first-order chi connectivity index (χ1) is 16.9. The topological polar surface area (TPSA) is 77.1 Å². The number of ether oxygens (including phenoxy) is 2. The Morgan fingerprint density at radius 3 is 2.66 bits per heavy atom. The monoisotopic (exact) mass is 487 g/mol. The van der Waals surface area contributed by atoms with E-state index >= 15 is 0 Å². The van der Waals surface area contributed by atoms with Gasteiger partial charge in [0.1, 0.15) is 18.1 Å². The number of halogens is 1. The van der Waals surface area contributed by atoms with Crippen LogP contribution in [0.25, 0.3) is 22.0 Å². The molecule has 7 heteroatoms. The second-order valence-electron chi connectivity index (χ2n) is 8.44. The molecular formula is C28H26ClN3O3. The van der Waals surface area contributed by atoms with Gasteiger partial charge in [-0.25, -0.2) is 0 Å². The summed E-state index contributed by atoms with van der Waals surface area (Å²) in [6.45, 7) is 6.52. The lowest BCUT2D eigenvalue weighted by Crippen LogP contribution is -2.09. The van der Waals surface area contributed by atoms with Crippen molar-refractivity contribution in [1.29, 1.82) is 5.26 Å². The normalized spacial score (nSPS) is 11.0. The molecule has 0 amide bonds. The average molecular weight is 488 g/mol. The SMILES string of the molecule is CCOC(=O)Cc1ccccc1OCc1nn(C(C)C)c2ccc(-c3cc(Cl)cc(C#N)c3)cc12. The molecule has 0 aliphatic heterocycles. The number of nitrogens with zero attached hydrogens (tertiary/aromatic N) is 3. The van der Waals surface area contributed by atoms with Gasteiger partial charge in [0, 0.05) is 22.0 Å². The summed E-state index contributed by atoms with van der Waals surface area (Å²) in [5.74, 6) is 0.332. The highest BCUT2D eigenvalue weighted by atomic mass is 35.5. The second kappa shape index (κ2) is 10.6. The number of carbonyl (C=O) groups is 1. The number of rotatable bonds is 8. The maximum Gasteiger partial charge on any atom is 0.310 e. The second-order valence-corrected chi connectivity index (χ2v) is 8.87. The maximum absolute atomic E-state index is 12.0. The Morgan fingerprint density at radius 2 is 1.91 bits per heavy atom. The number of nitriles is 1. The van der Waals surface area contributed by atoms with Gasteiger partial charge < -0.3 is 9.47 Å². The number of para-hydroxylation sites is 1. The van der Waals surface area contributed by atoms with Gasteiger partial charge in [0.15, 0.2) is 0 Å². The molecule has 3 aromatic carbocycles. The van der Waals surface area contributed by atoms with Gasteiger partial charge in [0.25, 0.3) is 0 Å². The summed E-state index contributed by atoms with van der Waals surface area (Å²) in [7, 11) is 0. The van der Waals surface area contributed by atoms with Crippen LogP contribution in [0.1, 0.15) is 43.6 Å². The van der Waals surface area contributed by atoms with Crippen LogP contribution in [0.4, 0.5) is 0 Å². The molecule has 0 fully saturated rings. The summed E-state index contributed by atoms with van der Waals surface area (Å²) in [5.41, 5.74) is 4.84. The molecule has 0 bridgehead atoms. The van der Waals surface area contributed by atoms with E-state index < -0.39 is 0 Å². The van der Waals surface area contributed by atoms with E-state index in [9.17, 15) is 10.1 Å². The van der Waals surface area contributed by atoms with E-state index in [-0.39, 0.29) is 25.0 Å². The van der Waals surface area contributed by atoms with Gasteiger partial charge in [-0.3, -0.25) is 9.48 Å². The zero-order valence-corrected chi connectivity index (χ0v) is 20.7. The molecule has 4 aromatic rings. The van der Waals surface area contributed by atoms with Crippen LogP contribution in [-0.4, -0.2) is 22.4 Å². The molecule has 0 atom stereocenters. The minimum absolute atomic E-state index is 0.144. The van der Waals surface area contributed by atoms with Crippen molar-refractivity contribution in [2.24, 2.45) is 0 Å². The van der Waals surface area contributed by atoms with Crippen molar-refractivity contribution in [3.8, 4) is 22.9 Å². The van der Waals surface area contributed by atoms with Crippen molar-refractivity contribution in [3.05, 3.63) is 82.5 Å². The van der Waals surface area contributed by atoms with Crippen molar-refractivity contribution in [1.82, 2.24) is 9.78 Å². The van der Waals surface area contributed by atoms with Crippen molar-refractivity contribution in [2.75, 3.05) is 6.61 Å². The first-order valence-corrected chi connectivity index (χ1v) is 11.9. The molecule has 4 rings (SSSR count). The molecule has 0 N–H and O–H groups in total. The van der Waals surface area contributed by atoms with E-state index in [1.165, 1.54) is 0 Å². The summed E-state index contributed by atoms with van der Waals surface area (Å²) >= 11 is 6.24. The van der Waals surface area contributed by atoms with E-state index in [0.717, 1.165) is 33.3 Å². The molecule has 0 spiro atoms. The highest BCUT2D eigenvalue weighted by molar-refractivity contribution is 6.31. The van der Waals surface area contributed by atoms with Crippen LogP contribution in [0.3, 0.4) is 0 Å². The van der Waals surface area contributed by atoms with Crippen LogP contribution in [0, 0.1) is 11.3 Å². The summed E-state index contributed by atoms with van der Waals surface area (Å²) in [4.78, 5) is 12.0. The Labute approximate surface area is 209 Å². The van der Waals surface area contributed by atoms with Crippen LogP contribution in [0.5, 0.6) is 5.75 Å². The van der Waals surface area contributed by atoms with Gasteiger partial charge in [0.05, 0.1) is 30.2 Å². The number of aromatic nitrogens is 2. The molecule has 6 nitrogen and oxygen atoms in total. The fourth-order valence-electron chi connectivity index (χ4n) is 4.01. The van der Waals surface area contributed by atoms with Crippen LogP contribution in [0.15, 0.2) is 60.7 Å². The van der Waals surface area contributed by atoms with E-state index in [1.807, 2.05) is 53.2 Å². The lowest BCUT2D eigenvalue weighted by atomic mass is 10.0. The lowest BCUT2D eigenvalue weighted by molar-refractivity contribution is -0.142. The third-order valence-electron chi connectivity index (χ3n) is 5.61. The molecule has 1 aromatic heterocycles. The van der Waals surface area contributed by atoms with E-state index in [0.29, 0.717) is 22.9 Å². The fourth-order valence-corrected chi connectivity index (χ4v) is 4.24. The molecule has 0 radical (unpaired) electrons. The van der Waals surface area contributed by atoms with Crippen LogP contribution in [-0.2, 0) is 22.6 Å². The summed E-state index contributed by atoms with van der Waals surface area (Å²) in [6, 6.07) is 21.2. The first-order valence-electron chi connectivity index (χ1n) is 11.5. The fraction of sp³-hybridized carbons (Fsp3) is 0.250. The molecule has 35 heavy (non-hydrogen) atoms. The Balaban J connectivity index is 1.69. The lowest BCUT2D eigenvalue weighted by Gasteiger charge is -2.10. The highest BCUT2D eigenvalue weighted by Gasteiger charge is 2.16. The molecule has 0 saturated carbocycles. The minimum atomic E-state index is -0.291. The van der Waals surface area contributed by atoms with E-state index in [1.54, 1.807) is 13.0 Å². The number of carbonyl (C=O) groups excluding carboxylic acids is 1. The third-order valence-corrected chi connectivity index (χ3v) is 5.83. The van der Waals surface area contributed by atoms with Crippen LogP contribution < -0.4 is 4.74 Å². The summed E-state index contributed by atoms with van der Waals surface area (Å²) in [6.07, 6.45) is 0.144. The number of esters is 1. The number of benzene rings is 3. The molecule has 0 aliphatic carbocycles. The largest absolute Gasteiger partial charge is 0.487 e. The van der Waals surface area contributed by atoms with E-state index in [4.69, 9.17) is 26.2 Å². The Morgan fingerprint density at radius 1 is 1.11 bits per heavy atom. The molecule has 178 valence electrons. The Hall–Kier alpha value is -3.82. The average Bonchev–Trinajstić information content (AvgIpc) is 3.21.